The minimum Gasteiger partial charge on any atom is -0.368 e. The fourth-order valence-corrected chi connectivity index (χ4v) is 0.687. The summed E-state index contributed by atoms with van der Waals surface area (Å²) in [6.07, 6.45) is 1.48. The molecule has 5 nitrogen and oxygen atoms in total. The molecule has 0 aliphatic heterocycles. The summed E-state index contributed by atoms with van der Waals surface area (Å²) in [6.45, 7) is 2.18. The van der Waals surface area contributed by atoms with Gasteiger partial charge in [-0.3, -0.25) is 4.79 Å². The first-order valence-corrected chi connectivity index (χ1v) is 3.62. The van der Waals surface area contributed by atoms with Gasteiger partial charge in [-0.2, -0.15) is 0 Å². The number of aromatic nitrogens is 1. The van der Waals surface area contributed by atoms with Crippen LogP contribution < -0.4 is 11.1 Å². The number of carbonyl (C=O) groups excluding carboxylic acids is 1. The highest BCUT2D eigenvalue weighted by molar-refractivity contribution is 5.79. The van der Waals surface area contributed by atoms with E-state index >= 15 is 0 Å². The third-order valence-corrected chi connectivity index (χ3v) is 1.51. The molecule has 0 aromatic carbocycles. The first-order valence-electron chi connectivity index (χ1n) is 3.62. The average molecular weight is 169 g/mol. The average Bonchev–Trinajstić information content (AvgIpc) is 2.51. The van der Waals surface area contributed by atoms with Gasteiger partial charge in [-0.15, -0.1) is 0 Å². The summed E-state index contributed by atoms with van der Waals surface area (Å²) in [4.78, 5) is 10.6. The summed E-state index contributed by atoms with van der Waals surface area (Å²) in [5, 5.41) is 6.55. The third kappa shape index (κ3) is 2.35. The van der Waals surface area contributed by atoms with Crippen LogP contribution in [0.1, 0.15) is 12.6 Å². The lowest BCUT2D eigenvalue weighted by molar-refractivity contribution is -0.119. The number of primary amides is 1. The molecule has 1 heterocycles. The Bertz CT molecular complexity index is 245. The number of amides is 1. The topological polar surface area (TPSA) is 81.2 Å². The van der Waals surface area contributed by atoms with E-state index in [9.17, 15) is 4.79 Å². The van der Waals surface area contributed by atoms with Crippen LogP contribution in [0.3, 0.4) is 0 Å². The Morgan fingerprint density at radius 2 is 2.67 bits per heavy atom. The number of hydrogen-bond acceptors (Lipinski definition) is 4. The molecule has 0 bridgehead atoms. The van der Waals surface area contributed by atoms with Crippen LogP contribution in [-0.2, 0) is 11.3 Å². The van der Waals surface area contributed by atoms with Gasteiger partial charge in [0, 0.05) is 12.6 Å². The standard InChI is InChI=1S/C7H11N3O2/c1-5(7(8)11)9-4-6-2-3-12-10-6/h2-3,5,9H,4H2,1H3,(H2,8,11). The van der Waals surface area contributed by atoms with E-state index in [1.54, 1.807) is 13.0 Å². The van der Waals surface area contributed by atoms with Crippen molar-refractivity contribution in [3.8, 4) is 0 Å². The van der Waals surface area contributed by atoms with E-state index in [0.717, 1.165) is 5.69 Å². The molecule has 0 saturated heterocycles. The lowest BCUT2D eigenvalue weighted by atomic mass is 10.3. The van der Waals surface area contributed by atoms with Gasteiger partial charge in [0.2, 0.25) is 5.91 Å². The summed E-state index contributed by atoms with van der Waals surface area (Å²) in [7, 11) is 0. The Balaban J connectivity index is 2.31. The first kappa shape index (κ1) is 8.73. The van der Waals surface area contributed by atoms with E-state index in [1.165, 1.54) is 6.26 Å². The number of hydrogen-bond donors (Lipinski definition) is 2. The molecule has 0 spiro atoms. The molecule has 5 heteroatoms. The summed E-state index contributed by atoms with van der Waals surface area (Å²) in [5.74, 6) is -0.376. The van der Waals surface area contributed by atoms with E-state index < -0.39 is 0 Å². The second kappa shape index (κ2) is 3.87. The van der Waals surface area contributed by atoms with E-state index in [0.29, 0.717) is 6.54 Å². The van der Waals surface area contributed by atoms with Gasteiger partial charge in [0.05, 0.1) is 11.7 Å². The zero-order valence-corrected chi connectivity index (χ0v) is 6.78. The van der Waals surface area contributed by atoms with Gasteiger partial charge in [-0.25, -0.2) is 0 Å². The number of carbonyl (C=O) groups is 1. The van der Waals surface area contributed by atoms with Crippen molar-refractivity contribution in [1.29, 1.82) is 0 Å². The summed E-state index contributed by atoms with van der Waals surface area (Å²) in [5.41, 5.74) is 5.78. The second-order valence-electron chi connectivity index (χ2n) is 2.50. The molecule has 0 radical (unpaired) electrons. The fourth-order valence-electron chi connectivity index (χ4n) is 0.687. The Morgan fingerprint density at radius 1 is 1.92 bits per heavy atom. The Hall–Kier alpha value is -1.36. The van der Waals surface area contributed by atoms with Crippen molar-refractivity contribution in [3.63, 3.8) is 0 Å². The zero-order chi connectivity index (χ0) is 8.97. The molecular formula is C7H11N3O2. The van der Waals surface area contributed by atoms with Crippen molar-refractivity contribution < 1.29 is 9.32 Å². The van der Waals surface area contributed by atoms with Gasteiger partial charge in [0.25, 0.3) is 0 Å². The Labute approximate surface area is 69.9 Å². The van der Waals surface area contributed by atoms with Gasteiger partial charge in [-0.05, 0) is 6.92 Å². The maximum Gasteiger partial charge on any atom is 0.234 e. The van der Waals surface area contributed by atoms with E-state index in [2.05, 4.69) is 15.0 Å². The maximum absolute atomic E-state index is 10.6. The number of rotatable bonds is 4. The molecule has 1 aromatic heterocycles. The van der Waals surface area contributed by atoms with E-state index in [1.807, 2.05) is 0 Å². The molecule has 3 N–H and O–H groups in total. The van der Waals surface area contributed by atoms with Gasteiger partial charge in [-0.1, -0.05) is 5.16 Å². The molecule has 1 unspecified atom stereocenters. The monoisotopic (exact) mass is 169 g/mol. The lowest BCUT2D eigenvalue weighted by Gasteiger charge is -2.06. The van der Waals surface area contributed by atoms with Gasteiger partial charge in [0.15, 0.2) is 0 Å². The van der Waals surface area contributed by atoms with Crippen LogP contribution in [0.2, 0.25) is 0 Å². The van der Waals surface area contributed by atoms with Crippen LogP contribution in [-0.4, -0.2) is 17.1 Å². The predicted molar refractivity (Wildman–Crippen MR) is 42.0 cm³/mol. The molecule has 1 aromatic rings. The van der Waals surface area contributed by atoms with Gasteiger partial charge in [0.1, 0.15) is 6.26 Å². The molecule has 66 valence electrons. The Morgan fingerprint density at radius 3 is 3.17 bits per heavy atom. The van der Waals surface area contributed by atoms with Crippen LogP contribution >= 0.6 is 0 Å². The number of nitrogens with one attached hydrogen (secondary N) is 1. The fraction of sp³-hybridized carbons (Fsp3) is 0.429. The number of nitrogens with two attached hydrogens (primary N) is 1. The summed E-state index contributed by atoms with van der Waals surface area (Å²) < 4.78 is 4.60. The Kier molecular flexibility index (Phi) is 2.82. The van der Waals surface area contributed by atoms with Crippen LogP contribution in [0, 0.1) is 0 Å². The molecule has 12 heavy (non-hydrogen) atoms. The third-order valence-electron chi connectivity index (χ3n) is 1.51. The molecule has 1 rings (SSSR count). The molecular weight excluding hydrogens is 158 g/mol. The van der Waals surface area contributed by atoms with Gasteiger partial charge >= 0.3 is 0 Å². The van der Waals surface area contributed by atoms with Crippen LogP contribution in [0.15, 0.2) is 16.9 Å². The van der Waals surface area contributed by atoms with Crippen molar-refractivity contribution in [1.82, 2.24) is 10.5 Å². The predicted octanol–water partition coefficient (Wildman–Crippen LogP) is -0.362. The lowest BCUT2D eigenvalue weighted by Crippen LogP contribution is -2.38. The van der Waals surface area contributed by atoms with Crippen LogP contribution in [0.4, 0.5) is 0 Å². The first-order chi connectivity index (χ1) is 5.70. The van der Waals surface area contributed by atoms with Crippen molar-refractivity contribution in [2.24, 2.45) is 5.73 Å². The van der Waals surface area contributed by atoms with E-state index in [4.69, 9.17) is 5.73 Å². The largest absolute Gasteiger partial charge is 0.368 e. The highest BCUT2D eigenvalue weighted by Crippen LogP contribution is 1.93. The summed E-state index contributed by atoms with van der Waals surface area (Å²) in [6, 6.07) is 1.38. The zero-order valence-electron chi connectivity index (χ0n) is 6.78. The maximum atomic E-state index is 10.6. The normalized spacial score (nSPS) is 12.8. The van der Waals surface area contributed by atoms with Crippen molar-refractivity contribution in [3.05, 3.63) is 18.0 Å². The number of nitrogens with zero attached hydrogens (tertiary/aromatic N) is 1. The van der Waals surface area contributed by atoms with E-state index in [-0.39, 0.29) is 11.9 Å². The van der Waals surface area contributed by atoms with Crippen LogP contribution in [0.5, 0.6) is 0 Å². The minimum atomic E-state index is -0.376. The van der Waals surface area contributed by atoms with Gasteiger partial charge < -0.3 is 15.6 Å². The molecule has 1 atom stereocenters. The molecule has 0 aliphatic carbocycles. The molecule has 0 fully saturated rings. The smallest absolute Gasteiger partial charge is 0.234 e. The van der Waals surface area contributed by atoms with Crippen molar-refractivity contribution in [2.45, 2.75) is 19.5 Å². The van der Waals surface area contributed by atoms with Crippen molar-refractivity contribution >= 4 is 5.91 Å². The highest BCUT2D eigenvalue weighted by atomic mass is 16.5. The van der Waals surface area contributed by atoms with Crippen molar-refractivity contribution in [2.75, 3.05) is 0 Å². The summed E-state index contributed by atoms with van der Waals surface area (Å²) >= 11 is 0. The SMILES string of the molecule is CC(NCc1ccon1)C(N)=O. The molecule has 0 saturated carbocycles. The molecule has 1 amide bonds. The minimum absolute atomic E-state index is 0.346. The molecule has 0 aliphatic rings. The second-order valence-corrected chi connectivity index (χ2v) is 2.50. The highest BCUT2D eigenvalue weighted by Gasteiger charge is 2.07. The quantitative estimate of drug-likeness (QED) is 0.644. The van der Waals surface area contributed by atoms with Crippen LogP contribution in [0.25, 0.3) is 0 Å².